The van der Waals surface area contributed by atoms with E-state index in [0.29, 0.717) is 5.69 Å². The molecule has 2 N–H and O–H groups in total. The van der Waals surface area contributed by atoms with Gasteiger partial charge < -0.3 is 9.26 Å². The Balaban J connectivity index is 1.74. The molecule has 208 valence electrons. The molecule has 4 rings (SSSR count). The first kappa shape index (κ1) is 28.9. The number of hydrogen-bond acceptors (Lipinski definition) is 6. The van der Waals surface area contributed by atoms with Gasteiger partial charge in [-0.05, 0) is 48.9 Å². The van der Waals surface area contributed by atoms with E-state index in [-0.39, 0.29) is 22.9 Å². The van der Waals surface area contributed by atoms with Crippen LogP contribution in [0.15, 0.2) is 114 Å². The first-order chi connectivity index (χ1) is 19.2. The smallest absolute Gasteiger partial charge is 0.420 e. The number of rotatable bonds is 12. The second-order valence-electron chi connectivity index (χ2n) is 8.82. The van der Waals surface area contributed by atoms with E-state index in [1.54, 1.807) is 54.6 Å². The van der Waals surface area contributed by atoms with E-state index >= 15 is 0 Å². The van der Waals surface area contributed by atoms with Gasteiger partial charge in [-0.2, -0.15) is 0 Å². The number of carbonyl (C=O) groups excluding carboxylic acids is 1. The van der Waals surface area contributed by atoms with Crippen LogP contribution < -0.4 is 19.0 Å². The van der Waals surface area contributed by atoms with E-state index in [1.807, 2.05) is 37.3 Å². The van der Waals surface area contributed by atoms with E-state index in [0.717, 1.165) is 11.1 Å². The minimum atomic E-state index is -4.13. The fourth-order valence-electron chi connectivity index (χ4n) is 3.76. The normalized spacial score (nSPS) is 12.7. The molecule has 0 saturated heterocycles. The molecule has 1 atom stereocenters. The van der Waals surface area contributed by atoms with Crippen molar-refractivity contribution in [3.05, 3.63) is 120 Å². The maximum absolute atomic E-state index is 14.7. The van der Waals surface area contributed by atoms with Gasteiger partial charge in [-0.25, -0.2) is 18.1 Å². The Morgan fingerprint density at radius 2 is 1.45 bits per heavy atom. The molecule has 11 heteroatoms. The summed E-state index contributed by atoms with van der Waals surface area (Å²) >= 11 is 0. The second kappa shape index (κ2) is 12.8. The first-order valence-electron chi connectivity index (χ1n) is 12.4. The molecule has 0 aromatic heterocycles. The summed E-state index contributed by atoms with van der Waals surface area (Å²) in [5.74, 6) is -0.629. The number of ether oxygens (including phenoxy) is 1. The van der Waals surface area contributed by atoms with Gasteiger partial charge in [0.2, 0.25) is 0 Å². The number of hydrogen-bond donors (Lipinski definition) is 2. The zero-order chi connectivity index (χ0) is 28.6. The third kappa shape index (κ3) is 7.30. The van der Waals surface area contributed by atoms with Crippen LogP contribution in [0.1, 0.15) is 11.1 Å². The molecular formula is C29H30N3O6PS. The number of nitrogens with one attached hydrogen (secondary N) is 2. The van der Waals surface area contributed by atoms with Crippen LogP contribution in [0.5, 0.6) is 5.75 Å². The Hall–Kier alpha value is -4.11. The highest BCUT2D eigenvalue weighted by Crippen LogP contribution is 2.51. The van der Waals surface area contributed by atoms with Gasteiger partial charge in [0, 0.05) is 12.2 Å². The van der Waals surface area contributed by atoms with Crippen LogP contribution in [0.4, 0.5) is 11.4 Å². The van der Waals surface area contributed by atoms with Gasteiger partial charge >= 0.3 is 13.6 Å². The molecule has 0 aliphatic carbocycles. The third-order valence-electron chi connectivity index (χ3n) is 5.89. The highest BCUT2D eigenvalue weighted by Gasteiger charge is 2.36. The third-order valence-corrected chi connectivity index (χ3v) is 9.28. The summed E-state index contributed by atoms with van der Waals surface area (Å²) in [4.78, 5) is 12.5. The van der Waals surface area contributed by atoms with E-state index < -0.39 is 30.2 Å². The van der Waals surface area contributed by atoms with Crippen molar-refractivity contribution in [1.82, 2.24) is 5.09 Å². The minimum Gasteiger partial charge on any atom is -0.468 e. The van der Waals surface area contributed by atoms with E-state index in [1.165, 1.54) is 36.0 Å². The van der Waals surface area contributed by atoms with Gasteiger partial charge in [-0.15, -0.1) is 0 Å². The molecule has 1 unspecified atom stereocenters. The Morgan fingerprint density at radius 3 is 2.10 bits per heavy atom. The fourth-order valence-corrected chi connectivity index (χ4v) is 6.71. The lowest BCUT2D eigenvalue weighted by Crippen LogP contribution is -2.35. The molecule has 0 aliphatic rings. The Labute approximate surface area is 234 Å². The molecule has 0 saturated carbocycles. The number of aryl methyl sites for hydroxylation is 1. The average molecular weight is 580 g/mol. The standard InChI is InChI=1S/C29H30N3O6PS/c1-23-17-19-26(20-18-23)40(35,36)31-27-15-9-10-16-28(27)38-39(34,30-21-24-11-5-3-6-12-24)32(22-29(33)37-2)25-13-7-4-8-14-25/h3-20,31H,21-22H2,1-2H3,(H,30,34). The van der Waals surface area contributed by atoms with Gasteiger partial charge in [-0.1, -0.05) is 78.4 Å². The molecule has 4 aromatic carbocycles. The van der Waals surface area contributed by atoms with Crippen molar-refractivity contribution in [3.63, 3.8) is 0 Å². The largest absolute Gasteiger partial charge is 0.468 e. The maximum Gasteiger partial charge on any atom is 0.420 e. The minimum absolute atomic E-state index is 0.00730. The maximum atomic E-state index is 14.7. The van der Waals surface area contributed by atoms with E-state index in [9.17, 15) is 17.8 Å². The predicted octanol–water partition coefficient (Wildman–Crippen LogP) is 5.75. The Bertz CT molecular complexity index is 1580. The number of benzene rings is 4. The molecule has 40 heavy (non-hydrogen) atoms. The second-order valence-corrected chi connectivity index (χ2v) is 12.5. The van der Waals surface area contributed by atoms with E-state index in [4.69, 9.17) is 9.26 Å². The fraction of sp³-hybridized carbons (Fsp3) is 0.138. The van der Waals surface area contributed by atoms with Crippen molar-refractivity contribution >= 4 is 35.0 Å². The number of methoxy groups -OCH3 is 1. The van der Waals surface area contributed by atoms with Crippen LogP contribution in [-0.2, 0) is 30.7 Å². The first-order valence-corrected chi connectivity index (χ1v) is 15.4. The number of sulfonamides is 1. The molecule has 0 amide bonds. The van der Waals surface area contributed by atoms with Crippen molar-refractivity contribution in [1.29, 1.82) is 0 Å². The zero-order valence-corrected chi connectivity index (χ0v) is 23.8. The molecule has 0 aliphatic heterocycles. The van der Waals surface area contributed by atoms with Crippen LogP contribution in [-0.4, -0.2) is 28.0 Å². The lowest BCUT2D eigenvalue weighted by Gasteiger charge is -2.32. The predicted molar refractivity (Wildman–Crippen MR) is 156 cm³/mol. The summed E-state index contributed by atoms with van der Waals surface area (Å²) in [5.41, 5.74) is 2.26. The molecule has 0 fully saturated rings. The van der Waals surface area contributed by atoms with Crippen LogP contribution in [0.3, 0.4) is 0 Å². The summed E-state index contributed by atoms with van der Waals surface area (Å²) in [7, 11) is -6.88. The summed E-state index contributed by atoms with van der Waals surface area (Å²) in [6.45, 7) is 1.61. The van der Waals surface area contributed by atoms with Gasteiger partial charge in [0.15, 0.2) is 5.75 Å². The topological polar surface area (TPSA) is 114 Å². The van der Waals surface area contributed by atoms with Crippen LogP contribution in [0.25, 0.3) is 0 Å². The summed E-state index contributed by atoms with van der Waals surface area (Å²) in [6.07, 6.45) is 0. The quantitative estimate of drug-likeness (QED) is 0.161. The molecule has 9 nitrogen and oxygen atoms in total. The van der Waals surface area contributed by atoms with Gasteiger partial charge in [0.1, 0.15) is 6.54 Å². The van der Waals surface area contributed by atoms with E-state index in [2.05, 4.69) is 9.81 Å². The summed E-state index contributed by atoms with van der Waals surface area (Å²) in [6, 6.07) is 30.6. The van der Waals surface area contributed by atoms with Crippen molar-refractivity contribution in [2.24, 2.45) is 0 Å². The van der Waals surface area contributed by atoms with Gasteiger partial charge in [-0.3, -0.25) is 14.2 Å². The summed E-state index contributed by atoms with van der Waals surface area (Å²) < 4.78 is 55.9. The Kier molecular flexibility index (Phi) is 9.26. The highest BCUT2D eigenvalue weighted by atomic mass is 32.2. The number of para-hydroxylation sites is 3. The lowest BCUT2D eigenvalue weighted by atomic mass is 10.2. The molecular weight excluding hydrogens is 549 g/mol. The number of carbonyl (C=O) groups is 1. The zero-order valence-electron chi connectivity index (χ0n) is 22.1. The molecule has 0 bridgehead atoms. The molecule has 0 spiro atoms. The van der Waals surface area contributed by atoms with Crippen molar-refractivity contribution in [2.45, 2.75) is 18.4 Å². The SMILES string of the molecule is COC(=O)CN(c1ccccc1)P(=O)(NCc1ccccc1)Oc1ccccc1NS(=O)(=O)c1ccc(C)cc1. The lowest BCUT2D eigenvalue weighted by molar-refractivity contribution is -0.138. The van der Waals surface area contributed by atoms with Crippen LogP contribution in [0.2, 0.25) is 0 Å². The number of nitrogens with zero attached hydrogens (tertiary/aromatic N) is 1. The highest BCUT2D eigenvalue weighted by molar-refractivity contribution is 7.92. The summed E-state index contributed by atoms with van der Waals surface area (Å²) in [5, 5.41) is 2.99. The number of anilines is 2. The van der Waals surface area contributed by atoms with Crippen molar-refractivity contribution in [2.75, 3.05) is 23.0 Å². The number of esters is 1. The molecule has 4 aromatic rings. The van der Waals surface area contributed by atoms with Crippen molar-refractivity contribution < 1.29 is 27.0 Å². The molecule has 0 heterocycles. The van der Waals surface area contributed by atoms with Gasteiger partial charge in [0.05, 0.1) is 17.7 Å². The van der Waals surface area contributed by atoms with Gasteiger partial charge in [0.25, 0.3) is 10.0 Å². The van der Waals surface area contributed by atoms with Crippen LogP contribution >= 0.6 is 7.67 Å². The van der Waals surface area contributed by atoms with Crippen LogP contribution in [0, 0.1) is 6.92 Å². The van der Waals surface area contributed by atoms with Crippen molar-refractivity contribution in [3.8, 4) is 5.75 Å². The Morgan fingerprint density at radius 1 is 0.850 bits per heavy atom. The monoisotopic (exact) mass is 579 g/mol. The molecule has 0 radical (unpaired) electrons. The average Bonchev–Trinajstić information content (AvgIpc) is 2.97.